The maximum Gasteiger partial charge on any atom is 0.416 e. The highest BCUT2D eigenvalue weighted by molar-refractivity contribution is 6.39. The monoisotopic (exact) mass is 365 g/mol. The molecular formula is C16H16Cl2F3NO. The highest BCUT2D eigenvalue weighted by atomic mass is 35.5. The van der Waals surface area contributed by atoms with Crippen molar-refractivity contribution in [2.24, 2.45) is 0 Å². The summed E-state index contributed by atoms with van der Waals surface area (Å²) in [5.74, 6) is 1.11. The molecular weight excluding hydrogens is 350 g/mol. The molecule has 2 rings (SSSR count). The van der Waals surface area contributed by atoms with Gasteiger partial charge in [0, 0.05) is 6.42 Å². The van der Waals surface area contributed by atoms with Gasteiger partial charge in [-0.15, -0.1) is 0 Å². The average molecular weight is 366 g/mol. The van der Waals surface area contributed by atoms with Crippen LogP contribution >= 0.6 is 23.2 Å². The van der Waals surface area contributed by atoms with Gasteiger partial charge in [0.15, 0.2) is 0 Å². The predicted molar refractivity (Wildman–Crippen MR) is 86.0 cm³/mol. The van der Waals surface area contributed by atoms with E-state index in [1.807, 2.05) is 14.1 Å². The molecule has 0 unspecified atom stereocenters. The second kappa shape index (κ2) is 7.16. The highest BCUT2D eigenvalue weighted by Crippen LogP contribution is 2.41. The molecule has 7 heteroatoms. The summed E-state index contributed by atoms with van der Waals surface area (Å²) in [4.78, 5) is 2.06. The lowest BCUT2D eigenvalue weighted by molar-refractivity contribution is -0.137. The van der Waals surface area contributed by atoms with Crippen LogP contribution in [0.5, 0.6) is 0 Å². The van der Waals surface area contributed by atoms with Crippen molar-refractivity contribution in [3.05, 3.63) is 45.6 Å². The number of hydrogen-bond acceptors (Lipinski definition) is 2. The smallest absolute Gasteiger partial charge is 0.416 e. The number of rotatable bonds is 5. The molecule has 0 amide bonds. The van der Waals surface area contributed by atoms with Gasteiger partial charge < -0.3 is 9.32 Å². The zero-order chi connectivity index (χ0) is 17.2. The second-order valence-corrected chi connectivity index (χ2v) is 6.30. The topological polar surface area (TPSA) is 16.4 Å². The minimum atomic E-state index is -4.49. The van der Waals surface area contributed by atoms with E-state index in [-0.39, 0.29) is 15.6 Å². The summed E-state index contributed by atoms with van der Waals surface area (Å²) >= 11 is 12.0. The molecule has 0 radical (unpaired) electrons. The Morgan fingerprint density at radius 2 is 1.70 bits per heavy atom. The minimum Gasteiger partial charge on any atom is -0.461 e. The fourth-order valence-corrected chi connectivity index (χ4v) is 2.86. The van der Waals surface area contributed by atoms with Gasteiger partial charge in [-0.2, -0.15) is 13.2 Å². The van der Waals surface area contributed by atoms with Gasteiger partial charge in [0.25, 0.3) is 0 Å². The van der Waals surface area contributed by atoms with Crippen molar-refractivity contribution in [1.82, 2.24) is 4.90 Å². The number of nitrogens with zero attached hydrogens (tertiary/aromatic N) is 1. The van der Waals surface area contributed by atoms with Crippen LogP contribution in [0.4, 0.5) is 13.2 Å². The normalized spacial score (nSPS) is 12.2. The molecule has 1 aromatic heterocycles. The van der Waals surface area contributed by atoms with E-state index in [4.69, 9.17) is 27.6 Å². The van der Waals surface area contributed by atoms with E-state index in [2.05, 4.69) is 4.90 Å². The molecule has 0 atom stereocenters. The molecule has 0 aliphatic carbocycles. The van der Waals surface area contributed by atoms with Crippen LogP contribution in [0, 0.1) is 0 Å². The SMILES string of the molecule is CN(C)CCCc1ccc(-c2c(Cl)cc(C(F)(F)F)cc2Cl)o1. The maximum atomic E-state index is 12.7. The minimum absolute atomic E-state index is 0.0842. The molecule has 2 nitrogen and oxygen atoms in total. The third-order valence-corrected chi connectivity index (χ3v) is 3.90. The third-order valence-electron chi connectivity index (χ3n) is 3.31. The van der Waals surface area contributed by atoms with Crippen LogP contribution in [-0.2, 0) is 12.6 Å². The lowest BCUT2D eigenvalue weighted by Gasteiger charge is -2.11. The van der Waals surface area contributed by atoms with Gasteiger partial charge in [0.1, 0.15) is 11.5 Å². The molecule has 0 bridgehead atoms. The predicted octanol–water partition coefficient (Wildman–Crippen LogP) is 5.77. The molecule has 1 heterocycles. The van der Waals surface area contributed by atoms with Crippen LogP contribution in [0.1, 0.15) is 17.7 Å². The van der Waals surface area contributed by atoms with Crippen molar-refractivity contribution in [1.29, 1.82) is 0 Å². The van der Waals surface area contributed by atoms with Gasteiger partial charge >= 0.3 is 6.18 Å². The summed E-state index contributed by atoms with van der Waals surface area (Å²) < 4.78 is 43.9. The van der Waals surface area contributed by atoms with E-state index >= 15 is 0 Å². The molecule has 23 heavy (non-hydrogen) atoms. The van der Waals surface area contributed by atoms with Crippen LogP contribution < -0.4 is 0 Å². The van der Waals surface area contributed by atoms with Gasteiger partial charge in [-0.1, -0.05) is 23.2 Å². The van der Waals surface area contributed by atoms with Gasteiger partial charge in [-0.3, -0.25) is 0 Å². The first kappa shape index (κ1) is 18.2. The molecule has 0 aliphatic heterocycles. The molecule has 1 aromatic carbocycles. The van der Waals surface area contributed by atoms with E-state index in [1.54, 1.807) is 12.1 Å². The first-order valence-electron chi connectivity index (χ1n) is 6.98. The van der Waals surface area contributed by atoms with E-state index in [0.29, 0.717) is 5.76 Å². The first-order chi connectivity index (χ1) is 10.7. The molecule has 126 valence electrons. The Morgan fingerprint density at radius 1 is 1.09 bits per heavy atom. The third kappa shape index (κ3) is 4.66. The summed E-state index contributed by atoms with van der Waals surface area (Å²) in [6, 6.07) is 5.18. The Hall–Kier alpha value is -1.17. The lowest BCUT2D eigenvalue weighted by Crippen LogP contribution is -2.13. The molecule has 0 fully saturated rings. The fourth-order valence-electron chi connectivity index (χ4n) is 2.19. The quantitative estimate of drug-likeness (QED) is 0.668. The molecule has 0 saturated carbocycles. The summed E-state index contributed by atoms with van der Waals surface area (Å²) in [7, 11) is 3.96. The van der Waals surface area contributed by atoms with E-state index in [9.17, 15) is 13.2 Å². The van der Waals surface area contributed by atoms with E-state index in [0.717, 1.165) is 37.3 Å². The Balaban J connectivity index is 2.24. The van der Waals surface area contributed by atoms with Crippen LogP contribution in [0.25, 0.3) is 11.3 Å². The Bertz CT molecular complexity index is 657. The Kier molecular flexibility index (Phi) is 5.65. The first-order valence-corrected chi connectivity index (χ1v) is 7.74. The van der Waals surface area contributed by atoms with E-state index < -0.39 is 11.7 Å². The van der Waals surface area contributed by atoms with Gasteiger partial charge in [0.2, 0.25) is 0 Å². The molecule has 0 saturated heterocycles. The maximum absolute atomic E-state index is 12.7. The zero-order valence-corrected chi connectivity index (χ0v) is 14.2. The summed E-state index contributed by atoms with van der Waals surface area (Å²) in [5.41, 5.74) is -0.603. The van der Waals surface area contributed by atoms with Crippen LogP contribution in [0.2, 0.25) is 10.0 Å². The molecule has 0 spiro atoms. The second-order valence-electron chi connectivity index (χ2n) is 5.49. The van der Waals surface area contributed by atoms with Crippen molar-refractivity contribution in [2.75, 3.05) is 20.6 Å². The van der Waals surface area contributed by atoms with Crippen molar-refractivity contribution in [3.63, 3.8) is 0 Å². The van der Waals surface area contributed by atoms with Gasteiger partial charge in [0.05, 0.1) is 21.2 Å². The van der Waals surface area contributed by atoms with E-state index in [1.165, 1.54) is 0 Å². The molecule has 0 aliphatic rings. The highest BCUT2D eigenvalue weighted by Gasteiger charge is 2.32. The standard InChI is InChI=1S/C16H16Cl2F3NO/c1-22(2)7-3-4-11-5-6-14(23-11)15-12(17)8-10(9-13(15)18)16(19,20)21/h5-6,8-9H,3-4,7H2,1-2H3. The lowest BCUT2D eigenvalue weighted by atomic mass is 10.1. The Labute approximate surface area is 142 Å². The van der Waals surface area contributed by atoms with Crippen LogP contribution in [0.15, 0.2) is 28.7 Å². The summed E-state index contributed by atoms with van der Waals surface area (Å²) in [5, 5.41) is -0.168. The summed E-state index contributed by atoms with van der Waals surface area (Å²) in [6.07, 6.45) is -2.85. The van der Waals surface area contributed by atoms with Crippen molar-refractivity contribution >= 4 is 23.2 Å². The summed E-state index contributed by atoms with van der Waals surface area (Å²) in [6.45, 7) is 0.915. The zero-order valence-electron chi connectivity index (χ0n) is 12.7. The van der Waals surface area contributed by atoms with Crippen molar-refractivity contribution in [3.8, 4) is 11.3 Å². The van der Waals surface area contributed by atoms with Gasteiger partial charge in [-0.25, -0.2) is 0 Å². The molecule has 2 aromatic rings. The molecule has 0 N–H and O–H groups in total. The average Bonchev–Trinajstić information content (AvgIpc) is 2.85. The fraction of sp³-hybridized carbons (Fsp3) is 0.375. The Morgan fingerprint density at radius 3 is 2.22 bits per heavy atom. The number of furan rings is 1. The number of halogens is 5. The van der Waals surface area contributed by atoms with Crippen LogP contribution in [0.3, 0.4) is 0 Å². The largest absolute Gasteiger partial charge is 0.461 e. The number of hydrogen-bond donors (Lipinski definition) is 0. The van der Waals surface area contributed by atoms with Gasteiger partial charge in [-0.05, 0) is 51.3 Å². The van der Waals surface area contributed by atoms with Crippen molar-refractivity contribution < 1.29 is 17.6 Å². The van der Waals surface area contributed by atoms with Crippen LogP contribution in [-0.4, -0.2) is 25.5 Å². The number of benzene rings is 1. The number of aryl methyl sites for hydroxylation is 1. The number of alkyl halides is 3. The van der Waals surface area contributed by atoms with Crippen molar-refractivity contribution in [2.45, 2.75) is 19.0 Å².